The number of hydrogen-bond acceptors (Lipinski definition) is 4. The van der Waals surface area contributed by atoms with Crippen LogP contribution in [0.2, 0.25) is 5.02 Å². The van der Waals surface area contributed by atoms with E-state index in [0.717, 1.165) is 16.8 Å². The van der Waals surface area contributed by atoms with E-state index in [1.165, 1.54) is 0 Å². The van der Waals surface area contributed by atoms with Crippen LogP contribution in [0.1, 0.15) is 24.1 Å². The lowest BCUT2D eigenvalue weighted by Crippen LogP contribution is -2.72. The Bertz CT molecular complexity index is 1280. The number of rotatable bonds is 4. The Hall–Kier alpha value is -3.29. The number of nitrogens with zero attached hydrogens (tertiary/aromatic N) is 1. The molecule has 3 aromatic rings. The summed E-state index contributed by atoms with van der Waals surface area (Å²) in [6, 6.07) is 20.2. The molecule has 3 aromatic carbocycles. The highest BCUT2D eigenvalue weighted by Gasteiger charge is 2.59. The number of methoxy groups -OCH3 is 1. The molecule has 3 atom stereocenters. The minimum atomic E-state index is -1.13. The first kappa shape index (κ1) is 22.5. The zero-order valence-electron chi connectivity index (χ0n) is 19.0. The summed E-state index contributed by atoms with van der Waals surface area (Å²) in [7, 11) is 1.60. The molecule has 3 unspecified atom stereocenters. The second-order valence-corrected chi connectivity index (χ2v) is 9.38. The highest BCUT2D eigenvalue weighted by molar-refractivity contribution is 7.80. The van der Waals surface area contributed by atoms with E-state index >= 15 is 0 Å². The molecule has 0 radical (unpaired) electrons. The smallest absolute Gasteiger partial charge is 0.236 e. The molecule has 8 heteroatoms. The van der Waals surface area contributed by atoms with Crippen molar-refractivity contribution in [2.24, 2.45) is 5.92 Å². The number of carbonyl (C=O) groups excluding carboxylic acids is 1. The fraction of sp³-hybridized carbons (Fsp3) is 0.231. The first-order chi connectivity index (χ1) is 16.3. The Morgan fingerprint density at radius 1 is 1.15 bits per heavy atom. The van der Waals surface area contributed by atoms with Crippen molar-refractivity contribution in [3.63, 3.8) is 0 Å². The van der Waals surface area contributed by atoms with E-state index in [1.54, 1.807) is 31.4 Å². The third-order valence-corrected chi connectivity index (χ3v) is 7.01. The van der Waals surface area contributed by atoms with Gasteiger partial charge in [-0.05, 0) is 68.0 Å². The largest absolute Gasteiger partial charge is 0.493 e. The van der Waals surface area contributed by atoms with Crippen LogP contribution in [0.4, 0.5) is 11.4 Å². The lowest BCUT2D eigenvalue weighted by Gasteiger charge is -2.56. The normalized spacial score (nSPS) is 22.8. The number of amides is 1. The molecule has 0 aliphatic carbocycles. The van der Waals surface area contributed by atoms with Gasteiger partial charge in [0.05, 0.1) is 13.2 Å². The maximum absolute atomic E-state index is 13.8. The molecule has 2 bridgehead atoms. The van der Waals surface area contributed by atoms with Crippen LogP contribution < -0.4 is 25.0 Å². The van der Waals surface area contributed by atoms with Crippen LogP contribution in [0.15, 0.2) is 66.7 Å². The van der Waals surface area contributed by atoms with Crippen molar-refractivity contribution < 1.29 is 14.3 Å². The summed E-state index contributed by atoms with van der Waals surface area (Å²) in [6.07, 6.45) is 0. The lowest BCUT2D eigenvalue weighted by atomic mass is 9.78. The van der Waals surface area contributed by atoms with Gasteiger partial charge in [-0.25, -0.2) is 0 Å². The Balaban J connectivity index is 1.66. The number of hydrogen-bond donors (Lipinski definition) is 2. The van der Waals surface area contributed by atoms with E-state index in [9.17, 15) is 4.79 Å². The van der Waals surface area contributed by atoms with Crippen molar-refractivity contribution in [2.75, 3.05) is 17.3 Å². The first-order valence-electron chi connectivity index (χ1n) is 10.9. The fourth-order valence-corrected chi connectivity index (χ4v) is 5.39. The Labute approximate surface area is 208 Å². The predicted octanol–water partition coefficient (Wildman–Crippen LogP) is 5.46. The molecule has 2 aliphatic rings. The summed E-state index contributed by atoms with van der Waals surface area (Å²) in [6.45, 7) is 3.91. The molecule has 5 rings (SSSR count). The number of anilines is 2. The molecule has 174 valence electrons. The minimum Gasteiger partial charge on any atom is -0.493 e. The Kier molecular flexibility index (Phi) is 5.62. The number of carbonyl (C=O) groups is 1. The molecule has 0 saturated carbocycles. The average Bonchev–Trinajstić information content (AvgIpc) is 2.81. The summed E-state index contributed by atoms with van der Waals surface area (Å²) in [5.74, 6) is 0.359. The number of thiocarbonyl (C=S) groups is 1. The van der Waals surface area contributed by atoms with Gasteiger partial charge < -0.3 is 20.1 Å². The van der Waals surface area contributed by atoms with Crippen LogP contribution >= 0.6 is 23.8 Å². The molecular weight excluding hydrogens is 470 g/mol. The van der Waals surface area contributed by atoms with E-state index in [1.807, 2.05) is 61.2 Å². The second-order valence-electron chi connectivity index (χ2n) is 8.56. The zero-order chi connectivity index (χ0) is 24.0. The van der Waals surface area contributed by atoms with Crippen molar-refractivity contribution in [3.05, 3.63) is 82.9 Å². The van der Waals surface area contributed by atoms with Gasteiger partial charge in [0.15, 0.2) is 22.3 Å². The lowest BCUT2D eigenvalue weighted by molar-refractivity contribution is -0.130. The molecule has 2 aliphatic heterocycles. The number of fused-ring (bicyclic) bond motifs is 4. The standard InChI is InChI=1S/C26H24ClN3O3S/c1-15-7-4-5-9-19(15)30-25(34)29-22-18-8-6-10-20(32-3)23(18)33-26(30,2)21(22)24(31)28-17-13-11-16(27)12-14-17/h4-14,21-22H,1-3H3,(H,28,31)(H,29,34). The van der Waals surface area contributed by atoms with Gasteiger partial charge in [0.1, 0.15) is 5.92 Å². The number of ether oxygens (including phenoxy) is 2. The molecule has 6 nitrogen and oxygen atoms in total. The molecule has 34 heavy (non-hydrogen) atoms. The molecule has 2 N–H and O–H groups in total. The zero-order valence-corrected chi connectivity index (χ0v) is 20.5. The highest BCUT2D eigenvalue weighted by Crippen LogP contribution is 2.52. The van der Waals surface area contributed by atoms with Crippen molar-refractivity contribution >= 4 is 46.2 Å². The molecule has 1 amide bonds. The van der Waals surface area contributed by atoms with Crippen molar-refractivity contribution in [1.82, 2.24) is 5.32 Å². The topological polar surface area (TPSA) is 62.8 Å². The van der Waals surface area contributed by atoms with E-state index < -0.39 is 17.7 Å². The summed E-state index contributed by atoms with van der Waals surface area (Å²) in [5.41, 5.74) is 2.22. The SMILES string of the molecule is COc1cccc2c1OC1(C)C(C(=O)Nc3ccc(Cl)cc3)C2NC(=S)N1c1ccccc1C. The van der Waals surface area contributed by atoms with E-state index in [0.29, 0.717) is 27.3 Å². The number of nitrogens with one attached hydrogen (secondary N) is 2. The third kappa shape index (κ3) is 3.56. The van der Waals surface area contributed by atoms with Gasteiger partial charge in [-0.15, -0.1) is 0 Å². The van der Waals surface area contributed by atoms with Gasteiger partial charge >= 0.3 is 0 Å². The molecular formula is C26H24ClN3O3S. The number of benzene rings is 3. The van der Waals surface area contributed by atoms with E-state index in [2.05, 4.69) is 10.6 Å². The van der Waals surface area contributed by atoms with Crippen molar-refractivity contribution in [1.29, 1.82) is 0 Å². The van der Waals surface area contributed by atoms with Crippen LogP contribution in [0, 0.1) is 12.8 Å². The molecule has 0 spiro atoms. The van der Waals surface area contributed by atoms with E-state index in [-0.39, 0.29) is 5.91 Å². The summed E-state index contributed by atoms with van der Waals surface area (Å²) >= 11 is 11.8. The average molecular weight is 494 g/mol. The van der Waals surface area contributed by atoms with Gasteiger partial charge in [-0.1, -0.05) is 41.9 Å². The molecule has 2 heterocycles. The summed E-state index contributed by atoms with van der Waals surface area (Å²) < 4.78 is 12.3. The molecule has 1 saturated heterocycles. The Morgan fingerprint density at radius 2 is 1.88 bits per heavy atom. The van der Waals surface area contributed by atoms with Gasteiger partial charge in [-0.2, -0.15) is 0 Å². The first-order valence-corrected chi connectivity index (χ1v) is 11.7. The monoisotopic (exact) mass is 493 g/mol. The quantitative estimate of drug-likeness (QED) is 0.471. The van der Waals surface area contributed by atoms with Crippen molar-refractivity contribution in [3.8, 4) is 11.5 Å². The summed E-state index contributed by atoms with van der Waals surface area (Å²) in [4.78, 5) is 15.7. The third-order valence-electron chi connectivity index (χ3n) is 6.46. The van der Waals surface area contributed by atoms with Gasteiger partial charge in [0.2, 0.25) is 5.91 Å². The maximum Gasteiger partial charge on any atom is 0.236 e. The fourth-order valence-electron chi connectivity index (χ4n) is 4.86. The van der Waals surface area contributed by atoms with Gasteiger partial charge in [0, 0.05) is 22.0 Å². The summed E-state index contributed by atoms with van der Waals surface area (Å²) in [5, 5.41) is 7.55. The number of para-hydroxylation sites is 2. The van der Waals surface area contributed by atoms with Gasteiger partial charge in [-0.3, -0.25) is 9.69 Å². The molecule has 0 aromatic heterocycles. The maximum atomic E-state index is 13.8. The minimum absolute atomic E-state index is 0.197. The number of aryl methyl sites for hydroxylation is 1. The number of halogens is 1. The highest BCUT2D eigenvalue weighted by atomic mass is 35.5. The van der Waals surface area contributed by atoms with Gasteiger partial charge in [0.25, 0.3) is 0 Å². The van der Waals surface area contributed by atoms with E-state index in [4.69, 9.17) is 33.3 Å². The van der Waals surface area contributed by atoms with Crippen LogP contribution in [0.25, 0.3) is 0 Å². The Morgan fingerprint density at radius 3 is 2.59 bits per heavy atom. The van der Waals surface area contributed by atoms with Crippen LogP contribution in [0.5, 0.6) is 11.5 Å². The van der Waals surface area contributed by atoms with Crippen LogP contribution in [-0.4, -0.2) is 23.9 Å². The van der Waals surface area contributed by atoms with Crippen molar-refractivity contribution in [2.45, 2.75) is 25.6 Å². The van der Waals surface area contributed by atoms with Crippen LogP contribution in [-0.2, 0) is 4.79 Å². The predicted molar refractivity (Wildman–Crippen MR) is 138 cm³/mol. The van der Waals surface area contributed by atoms with Crippen LogP contribution in [0.3, 0.4) is 0 Å². The second kappa shape index (κ2) is 8.49. The molecule has 1 fully saturated rings.